The van der Waals surface area contributed by atoms with Crippen LogP contribution in [0.3, 0.4) is 0 Å². The average Bonchev–Trinajstić information content (AvgIpc) is 2.07. The fourth-order valence-corrected chi connectivity index (χ4v) is 0.960. The summed E-state index contributed by atoms with van der Waals surface area (Å²) >= 11 is 0. The van der Waals surface area contributed by atoms with Gasteiger partial charge in [0.15, 0.2) is 0 Å². The standard InChI is InChI=1S/C8H7BF3O2/c1-5-2-3-6(8(10,11)12)4-7(5)14-9-13/h2-4,13H,1H3. The van der Waals surface area contributed by atoms with Gasteiger partial charge in [0.05, 0.1) is 5.56 Å². The quantitative estimate of drug-likeness (QED) is 0.743. The minimum absolute atomic E-state index is 0.0117. The van der Waals surface area contributed by atoms with Gasteiger partial charge in [0.2, 0.25) is 0 Å². The molecule has 0 saturated heterocycles. The molecule has 1 radical (unpaired) electrons. The molecule has 0 saturated carbocycles. The molecule has 0 aliphatic carbocycles. The van der Waals surface area contributed by atoms with Gasteiger partial charge in [-0.25, -0.2) is 0 Å². The van der Waals surface area contributed by atoms with E-state index in [1.807, 2.05) is 0 Å². The maximum atomic E-state index is 12.2. The molecule has 0 aliphatic rings. The highest BCUT2D eigenvalue weighted by Gasteiger charge is 2.30. The van der Waals surface area contributed by atoms with Crippen LogP contribution in [0.25, 0.3) is 0 Å². The maximum Gasteiger partial charge on any atom is 0.569 e. The lowest BCUT2D eigenvalue weighted by atomic mass is 10.1. The van der Waals surface area contributed by atoms with Crippen molar-refractivity contribution in [3.05, 3.63) is 29.3 Å². The Morgan fingerprint density at radius 2 is 2.00 bits per heavy atom. The SMILES string of the molecule is Cc1ccc(C(F)(F)F)cc1O[B]O. The Morgan fingerprint density at radius 1 is 1.36 bits per heavy atom. The molecule has 14 heavy (non-hydrogen) atoms. The fourth-order valence-electron chi connectivity index (χ4n) is 0.960. The van der Waals surface area contributed by atoms with Crippen molar-refractivity contribution in [2.24, 2.45) is 0 Å². The molecular formula is C8H7BF3O2. The number of hydrogen-bond donors (Lipinski definition) is 1. The number of halogens is 3. The van der Waals surface area contributed by atoms with Crippen LogP contribution in [-0.2, 0) is 6.18 Å². The predicted octanol–water partition coefficient (Wildman–Crippen LogP) is 1.92. The number of aryl methyl sites for hydroxylation is 1. The van der Waals surface area contributed by atoms with E-state index in [0.29, 0.717) is 13.2 Å². The summed E-state index contributed by atoms with van der Waals surface area (Å²) in [6.07, 6.45) is -4.40. The van der Waals surface area contributed by atoms with Crippen molar-refractivity contribution in [1.82, 2.24) is 0 Å². The number of hydrogen-bond acceptors (Lipinski definition) is 2. The Bertz CT molecular complexity index is 325. The third-order valence-corrected chi connectivity index (χ3v) is 1.70. The van der Waals surface area contributed by atoms with E-state index >= 15 is 0 Å². The van der Waals surface area contributed by atoms with Crippen LogP contribution in [0.1, 0.15) is 11.1 Å². The first-order valence-corrected chi connectivity index (χ1v) is 3.75. The van der Waals surface area contributed by atoms with Crippen LogP contribution in [0.2, 0.25) is 0 Å². The maximum absolute atomic E-state index is 12.2. The van der Waals surface area contributed by atoms with Gasteiger partial charge in [-0.05, 0) is 24.6 Å². The van der Waals surface area contributed by atoms with Crippen LogP contribution in [0.15, 0.2) is 18.2 Å². The molecule has 75 valence electrons. The van der Waals surface area contributed by atoms with Gasteiger partial charge in [0.1, 0.15) is 5.75 Å². The third-order valence-electron chi connectivity index (χ3n) is 1.70. The lowest BCUT2D eigenvalue weighted by Crippen LogP contribution is -2.07. The number of benzene rings is 1. The molecule has 0 atom stereocenters. The van der Waals surface area contributed by atoms with Gasteiger partial charge in [-0.3, -0.25) is 0 Å². The normalized spacial score (nSPS) is 11.2. The van der Waals surface area contributed by atoms with E-state index in [1.54, 1.807) is 6.92 Å². The van der Waals surface area contributed by atoms with E-state index in [1.165, 1.54) is 6.07 Å². The second-order valence-electron chi connectivity index (χ2n) is 2.70. The van der Waals surface area contributed by atoms with E-state index in [2.05, 4.69) is 4.65 Å². The Labute approximate surface area is 79.6 Å². The smallest absolute Gasteiger partial charge is 0.537 e. The first-order valence-electron chi connectivity index (χ1n) is 3.75. The molecule has 1 rings (SSSR count). The van der Waals surface area contributed by atoms with Crippen LogP contribution in [-0.4, -0.2) is 12.7 Å². The molecule has 0 heterocycles. The zero-order valence-corrected chi connectivity index (χ0v) is 7.30. The first kappa shape index (κ1) is 10.9. The molecule has 0 amide bonds. The van der Waals surface area contributed by atoms with Crippen molar-refractivity contribution in [2.75, 3.05) is 0 Å². The van der Waals surface area contributed by atoms with Gasteiger partial charge in [-0.15, -0.1) is 0 Å². The molecule has 0 aromatic heterocycles. The molecule has 2 nitrogen and oxygen atoms in total. The second kappa shape index (κ2) is 3.92. The summed E-state index contributed by atoms with van der Waals surface area (Å²) in [6, 6.07) is 3.07. The Balaban J connectivity index is 3.06. The highest BCUT2D eigenvalue weighted by molar-refractivity contribution is 6.17. The minimum Gasteiger partial charge on any atom is -0.537 e. The molecule has 0 aliphatic heterocycles. The van der Waals surface area contributed by atoms with Crippen molar-refractivity contribution >= 4 is 7.69 Å². The Kier molecular flexibility index (Phi) is 3.05. The molecule has 0 unspecified atom stereocenters. The lowest BCUT2D eigenvalue weighted by Gasteiger charge is -2.10. The average molecular weight is 203 g/mol. The monoisotopic (exact) mass is 203 g/mol. The summed E-state index contributed by atoms with van der Waals surface area (Å²) in [5.41, 5.74) is -0.289. The van der Waals surface area contributed by atoms with Crippen LogP contribution in [0, 0.1) is 6.92 Å². The van der Waals surface area contributed by atoms with E-state index in [0.717, 1.165) is 12.1 Å². The number of rotatable bonds is 2. The van der Waals surface area contributed by atoms with E-state index in [9.17, 15) is 13.2 Å². The van der Waals surface area contributed by atoms with Crippen molar-refractivity contribution in [2.45, 2.75) is 13.1 Å². The van der Waals surface area contributed by atoms with Crippen molar-refractivity contribution < 1.29 is 22.8 Å². The zero-order chi connectivity index (χ0) is 10.8. The summed E-state index contributed by atoms with van der Waals surface area (Å²) in [7, 11) is 0.350. The summed E-state index contributed by atoms with van der Waals surface area (Å²) in [5, 5.41) is 8.31. The molecule has 0 bridgehead atoms. The van der Waals surface area contributed by atoms with Gasteiger partial charge in [0, 0.05) is 0 Å². The Morgan fingerprint density at radius 3 is 2.50 bits per heavy atom. The molecule has 1 aromatic carbocycles. The van der Waals surface area contributed by atoms with Crippen LogP contribution < -0.4 is 4.65 Å². The molecule has 0 fully saturated rings. The van der Waals surface area contributed by atoms with E-state index < -0.39 is 11.7 Å². The molecular weight excluding hydrogens is 196 g/mol. The van der Waals surface area contributed by atoms with Gasteiger partial charge in [0.25, 0.3) is 0 Å². The molecule has 1 N–H and O–H groups in total. The summed E-state index contributed by atoms with van der Waals surface area (Å²) < 4.78 is 41.1. The van der Waals surface area contributed by atoms with E-state index in [-0.39, 0.29) is 5.75 Å². The summed E-state index contributed by atoms with van der Waals surface area (Å²) in [6.45, 7) is 1.58. The van der Waals surface area contributed by atoms with E-state index in [4.69, 9.17) is 5.02 Å². The largest absolute Gasteiger partial charge is 0.569 e. The minimum atomic E-state index is -4.40. The molecule has 0 spiro atoms. The highest BCUT2D eigenvalue weighted by Crippen LogP contribution is 2.32. The van der Waals surface area contributed by atoms with Crippen molar-refractivity contribution in [3.63, 3.8) is 0 Å². The van der Waals surface area contributed by atoms with Crippen LogP contribution in [0.4, 0.5) is 13.2 Å². The molecule has 1 aromatic rings. The predicted molar refractivity (Wildman–Crippen MR) is 44.8 cm³/mol. The van der Waals surface area contributed by atoms with Crippen LogP contribution in [0.5, 0.6) is 5.75 Å². The summed E-state index contributed by atoms with van der Waals surface area (Å²) in [4.78, 5) is 0. The van der Waals surface area contributed by atoms with Crippen LogP contribution >= 0.6 is 0 Å². The highest BCUT2D eigenvalue weighted by atomic mass is 19.4. The second-order valence-corrected chi connectivity index (χ2v) is 2.70. The van der Waals surface area contributed by atoms with Gasteiger partial charge in [-0.1, -0.05) is 6.07 Å². The third kappa shape index (κ3) is 2.41. The van der Waals surface area contributed by atoms with Gasteiger partial charge < -0.3 is 9.68 Å². The Hall–Kier alpha value is -1.17. The zero-order valence-electron chi connectivity index (χ0n) is 7.30. The first-order chi connectivity index (χ1) is 6.45. The summed E-state index contributed by atoms with van der Waals surface area (Å²) in [5.74, 6) is -0.0117. The van der Waals surface area contributed by atoms with Gasteiger partial charge in [-0.2, -0.15) is 13.2 Å². The van der Waals surface area contributed by atoms with Crippen molar-refractivity contribution in [1.29, 1.82) is 0 Å². The topological polar surface area (TPSA) is 29.5 Å². The van der Waals surface area contributed by atoms with Crippen molar-refractivity contribution in [3.8, 4) is 5.75 Å². The lowest BCUT2D eigenvalue weighted by molar-refractivity contribution is -0.137. The molecule has 6 heteroatoms. The fraction of sp³-hybridized carbons (Fsp3) is 0.250. The van der Waals surface area contributed by atoms with Gasteiger partial charge >= 0.3 is 13.9 Å². The number of alkyl halides is 3.